The summed E-state index contributed by atoms with van der Waals surface area (Å²) in [5, 5.41) is -0.0614. The Hall–Kier alpha value is -2.84. The van der Waals surface area contributed by atoms with E-state index in [1.165, 1.54) is 11.1 Å². The molecule has 2 aromatic carbocycles. The Morgan fingerprint density at radius 2 is 1.98 bits per heavy atom. The molecule has 0 aromatic heterocycles. The number of amides is 1. The summed E-state index contributed by atoms with van der Waals surface area (Å²) in [4.78, 5) is 27.3. The number of hydrogen-bond acceptors (Lipinski definition) is 6. The van der Waals surface area contributed by atoms with E-state index in [2.05, 4.69) is 33.9 Å². The first-order valence-corrected chi connectivity index (χ1v) is 17.5. The molecule has 0 radical (unpaired) electrons. The van der Waals surface area contributed by atoms with Crippen molar-refractivity contribution in [3.63, 3.8) is 0 Å². The van der Waals surface area contributed by atoms with Crippen LogP contribution in [0.3, 0.4) is 0 Å². The standard InChI is InChI=1S/C34H41ClN2O5S/c1-22-16-24(13-15-38)5-6-25-7-8-28(25)19-37-20-34(14-3-4-26-17-29(35)10-11-30(26)34)21-42-32-12-9-27(18-31(32)37)33(39)36-43(40,41)23(22)2/h5-6,9-12,15,17-18,22-25,28H,3-4,7-8,13-14,16,19-21H2,1-2H3,(H,36,39)/b6-5+/t22-,23+,24-,25+,28-,34-/m0/s1. The molecule has 1 N–H and O–H groups in total. The van der Waals surface area contributed by atoms with Crippen LogP contribution in [0.25, 0.3) is 0 Å². The lowest BCUT2D eigenvalue weighted by atomic mass is 9.69. The van der Waals surface area contributed by atoms with Crippen molar-refractivity contribution in [1.82, 2.24) is 4.72 Å². The van der Waals surface area contributed by atoms with Gasteiger partial charge in [-0.15, -0.1) is 0 Å². The number of allylic oxidation sites excluding steroid dienone is 2. The molecule has 7 nitrogen and oxygen atoms in total. The van der Waals surface area contributed by atoms with Crippen LogP contribution < -0.4 is 14.4 Å². The number of aryl methyl sites for hydroxylation is 1. The van der Waals surface area contributed by atoms with Gasteiger partial charge in [-0.05, 0) is 111 Å². The topological polar surface area (TPSA) is 92.8 Å². The van der Waals surface area contributed by atoms with E-state index in [1.807, 2.05) is 19.1 Å². The maximum absolute atomic E-state index is 13.4. The molecule has 6 atom stereocenters. The summed E-state index contributed by atoms with van der Waals surface area (Å²) in [6, 6.07) is 11.5. The van der Waals surface area contributed by atoms with Crippen molar-refractivity contribution in [2.45, 2.75) is 69.5 Å². The van der Waals surface area contributed by atoms with Crippen LogP contribution in [0.4, 0.5) is 5.69 Å². The van der Waals surface area contributed by atoms with Crippen LogP contribution in [0.15, 0.2) is 48.6 Å². The lowest BCUT2D eigenvalue weighted by Gasteiger charge is -2.44. The summed E-state index contributed by atoms with van der Waals surface area (Å²) in [6.07, 6.45) is 11.4. The van der Waals surface area contributed by atoms with E-state index in [-0.39, 0.29) is 17.3 Å². The number of benzene rings is 2. The van der Waals surface area contributed by atoms with Crippen LogP contribution in [-0.4, -0.2) is 45.6 Å². The summed E-state index contributed by atoms with van der Waals surface area (Å²) in [6.45, 7) is 5.55. The van der Waals surface area contributed by atoms with Gasteiger partial charge in [-0.2, -0.15) is 0 Å². The molecule has 1 saturated carbocycles. The highest BCUT2D eigenvalue weighted by Crippen LogP contribution is 2.46. The number of fused-ring (bicyclic) bond motifs is 4. The Bertz CT molecular complexity index is 1540. The van der Waals surface area contributed by atoms with Gasteiger partial charge in [-0.25, -0.2) is 13.1 Å². The zero-order valence-corrected chi connectivity index (χ0v) is 26.5. The normalized spacial score (nSPS) is 32.7. The van der Waals surface area contributed by atoms with Crippen molar-refractivity contribution in [3.8, 4) is 5.75 Å². The molecule has 2 heterocycles. The number of ether oxygens (including phenoxy) is 1. The predicted octanol–water partition coefficient (Wildman–Crippen LogP) is 6.09. The second kappa shape index (κ2) is 11.9. The van der Waals surface area contributed by atoms with Crippen molar-refractivity contribution < 1.29 is 22.7 Å². The monoisotopic (exact) mass is 624 g/mol. The third-order valence-corrected chi connectivity index (χ3v) is 12.6. The molecule has 4 aliphatic rings. The van der Waals surface area contributed by atoms with Crippen LogP contribution in [0.1, 0.15) is 73.9 Å². The number of anilines is 1. The Kier molecular flexibility index (Phi) is 8.37. The van der Waals surface area contributed by atoms with Gasteiger partial charge in [0, 0.05) is 35.5 Å². The number of nitrogens with one attached hydrogen (secondary N) is 1. The number of halogens is 1. The molecule has 2 aromatic rings. The van der Waals surface area contributed by atoms with E-state index >= 15 is 0 Å². The molecule has 9 heteroatoms. The first-order chi connectivity index (χ1) is 20.6. The fraction of sp³-hybridized carbons (Fsp3) is 0.529. The Labute approximate surface area is 260 Å². The molecule has 2 bridgehead atoms. The maximum Gasteiger partial charge on any atom is 0.264 e. The average Bonchev–Trinajstić information content (AvgIpc) is 3.11. The second-order valence-electron chi connectivity index (χ2n) is 13.2. The number of aldehydes is 1. The molecule has 1 spiro atoms. The second-order valence-corrected chi connectivity index (χ2v) is 15.7. The van der Waals surface area contributed by atoms with Crippen molar-refractivity contribution in [3.05, 3.63) is 70.3 Å². The minimum absolute atomic E-state index is 0.0465. The van der Waals surface area contributed by atoms with Gasteiger partial charge in [-0.1, -0.05) is 36.7 Å². The Morgan fingerprint density at radius 1 is 1.14 bits per heavy atom. The number of rotatable bonds is 2. The lowest BCUT2D eigenvalue weighted by molar-refractivity contribution is -0.108. The quantitative estimate of drug-likeness (QED) is 0.321. The van der Waals surface area contributed by atoms with Gasteiger partial charge in [0.25, 0.3) is 5.91 Å². The maximum atomic E-state index is 13.4. The number of sulfonamides is 1. The van der Waals surface area contributed by atoms with Gasteiger partial charge in [0.05, 0.1) is 17.5 Å². The van der Waals surface area contributed by atoms with Gasteiger partial charge >= 0.3 is 0 Å². The fourth-order valence-electron chi connectivity index (χ4n) is 7.55. The molecule has 0 saturated heterocycles. The van der Waals surface area contributed by atoms with E-state index in [0.29, 0.717) is 42.6 Å². The number of hydrogen-bond donors (Lipinski definition) is 1. The minimum Gasteiger partial charge on any atom is -0.490 e. The summed E-state index contributed by atoms with van der Waals surface area (Å²) in [5.41, 5.74) is 3.42. The lowest BCUT2D eigenvalue weighted by Crippen LogP contribution is -2.48. The minimum atomic E-state index is -3.95. The molecule has 230 valence electrons. The molecular weight excluding hydrogens is 584 g/mol. The fourth-order valence-corrected chi connectivity index (χ4v) is 9.03. The molecule has 1 fully saturated rings. The van der Waals surface area contributed by atoms with Crippen LogP contribution in [0.5, 0.6) is 5.75 Å². The molecule has 1 amide bonds. The van der Waals surface area contributed by atoms with Crippen LogP contribution in [0, 0.1) is 23.7 Å². The summed E-state index contributed by atoms with van der Waals surface area (Å²) < 4.78 is 35.5. The molecule has 2 aliphatic carbocycles. The van der Waals surface area contributed by atoms with Crippen LogP contribution >= 0.6 is 11.6 Å². The highest BCUT2D eigenvalue weighted by Gasteiger charge is 2.43. The van der Waals surface area contributed by atoms with Crippen molar-refractivity contribution in [1.29, 1.82) is 0 Å². The van der Waals surface area contributed by atoms with E-state index < -0.39 is 21.2 Å². The number of carbonyl (C=O) groups excluding carboxylic acids is 2. The first-order valence-electron chi connectivity index (χ1n) is 15.6. The van der Waals surface area contributed by atoms with Gasteiger partial charge < -0.3 is 14.4 Å². The summed E-state index contributed by atoms with van der Waals surface area (Å²) >= 11 is 6.40. The van der Waals surface area contributed by atoms with E-state index in [1.54, 1.807) is 19.1 Å². The summed E-state index contributed by atoms with van der Waals surface area (Å²) in [7, 11) is -3.95. The smallest absolute Gasteiger partial charge is 0.264 e. The van der Waals surface area contributed by atoms with Crippen LogP contribution in [0.2, 0.25) is 5.02 Å². The van der Waals surface area contributed by atoms with Gasteiger partial charge in [0.1, 0.15) is 12.0 Å². The van der Waals surface area contributed by atoms with E-state index in [4.69, 9.17) is 16.3 Å². The third kappa shape index (κ3) is 5.97. The van der Waals surface area contributed by atoms with Gasteiger partial charge in [0.2, 0.25) is 10.0 Å². The Balaban J connectivity index is 1.42. The first kappa shape index (κ1) is 30.2. The van der Waals surface area contributed by atoms with Crippen molar-refractivity contribution in [2.24, 2.45) is 23.7 Å². The van der Waals surface area contributed by atoms with Crippen LogP contribution in [-0.2, 0) is 26.7 Å². The Morgan fingerprint density at radius 3 is 2.74 bits per heavy atom. The molecule has 43 heavy (non-hydrogen) atoms. The molecule has 2 aliphatic heterocycles. The average molecular weight is 625 g/mol. The zero-order valence-electron chi connectivity index (χ0n) is 24.9. The van der Waals surface area contributed by atoms with Gasteiger partial charge in [0.15, 0.2) is 0 Å². The summed E-state index contributed by atoms with van der Waals surface area (Å²) in [5.74, 6) is 0.576. The highest BCUT2D eigenvalue weighted by atomic mass is 35.5. The number of nitrogens with zero attached hydrogens (tertiary/aromatic N) is 1. The third-order valence-electron chi connectivity index (χ3n) is 10.5. The SMILES string of the molecule is C[C@@H]1[C@@H](C)C[C@H](CC=O)/C=C/[C@@H]2CC[C@H]2CN2C[C@@]3(CCCc4cc(Cl)ccc43)COc3ccc(cc32)C(=O)NS1(=O)=O. The van der Waals surface area contributed by atoms with E-state index in [0.717, 1.165) is 62.2 Å². The van der Waals surface area contributed by atoms with Gasteiger partial charge in [-0.3, -0.25) is 4.79 Å². The molecule has 6 rings (SSSR count). The molecule has 0 unspecified atom stereocenters. The largest absolute Gasteiger partial charge is 0.490 e. The predicted molar refractivity (Wildman–Crippen MR) is 169 cm³/mol. The van der Waals surface area contributed by atoms with E-state index in [9.17, 15) is 18.0 Å². The highest BCUT2D eigenvalue weighted by molar-refractivity contribution is 7.90. The number of carbonyl (C=O) groups is 2. The zero-order chi connectivity index (χ0) is 30.4. The molecular formula is C34H41ClN2O5S. The van der Waals surface area contributed by atoms with Crippen molar-refractivity contribution >= 4 is 39.5 Å². The van der Waals surface area contributed by atoms with Crippen molar-refractivity contribution in [2.75, 3.05) is 24.6 Å².